The van der Waals surface area contributed by atoms with E-state index in [0.717, 1.165) is 25.3 Å². The van der Waals surface area contributed by atoms with Gasteiger partial charge in [-0.15, -0.1) is 0 Å². The van der Waals surface area contributed by atoms with Crippen LogP contribution in [-0.2, 0) is 33.7 Å². The van der Waals surface area contributed by atoms with E-state index in [1.54, 1.807) is 20.2 Å². The Labute approximate surface area is 260 Å². The molecular weight excluding hydrogens is 612 g/mol. The van der Waals surface area contributed by atoms with Crippen LogP contribution in [0.4, 0.5) is 28.0 Å². The van der Waals surface area contributed by atoms with Crippen LogP contribution in [0.3, 0.4) is 0 Å². The first-order valence-corrected chi connectivity index (χ1v) is 14.0. The van der Waals surface area contributed by atoms with Crippen LogP contribution in [-0.4, -0.2) is 60.2 Å². The second-order valence-electron chi connectivity index (χ2n) is 10.6. The van der Waals surface area contributed by atoms with Gasteiger partial charge < -0.3 is 24.3 Å². The van der Waals surface area contributed by atoms with Crippen LogP contribution in [0.5, 0.6) is 11.5 Å². The van der Waals surface area contributed by atoms with Crippen LogP contribution in [0.15, 0.2) is 64.5 Å². The third-order valence-corrected chi connectivity index (χ3v) is 7.01. The number of hydrogen-bond donors (Lipinski definition) is 1. The molecule has 1 aliphatic heterocycles. The van der Waals surface area contributed by atoms with Gasteiger partial charge >= 0.3 is 6.09 Å². The Hall–Kier alpha value is -5.27. The highest BCUT2D eigenvalue weighted by Gasteiger charge is 2.27. The molecule has 2 amide bonds. The van der Waals surface area contributed by atoms with E-state index in [0.29, 0.717) is 11.8 Å². The standard InChI is InChI=1S/C32H30F4N4O6/c1-39(2)27(42)9-5-4-8-24(38-32(44)45-3)25(41)15-18-7-6-12-40(31(18)43)17-21-13-19-14-23(35)28(36)30(29(19)37-21)46-26-11-10-20(33)16-22(26)34/h5-7,9-12,14,16,24H,4,8,13,15,17H2,1-3H3,(H,38,44)/b9-5+/t24-/m0/s1. The number of aliphatic imine (C=N–C) groups is 1. The van der Waals surface area contributed by atoms with Gasteiger partial charge in [-0.05, 0) is 48.7 Å². The SMILES string of the molecule is COC(=O)N[C@@H](CC/C=C/C(=O)N(C)C)C(=O)Cc1cccn(CC2=Nc3c(cc(F)c(F)c3Oc3ccc(F)cc3F)C2)c1=O. The number of methoxy groups -OCH3 is 1. The molecule has 1 aliphatic rings. The monoisotopic (exact) mass is 642 g/mol. The highest BCUT2D eigenvalue weighted by molar-refractivity contribution is 5.95. The molecule has 46 heavy (non-hydrogen) atoms. The number of allylic oxidation sites excluding steroid dienone is 1. The van der Waals surface area contributed by atoms with Gasteiger partial charge in [-0.3, -0.25) is 19.4 Å². The Bertz CT molecular complexity index is 1790. The van der Waals surface area contributed by atoms with Crippen molar-refractivity contribution in [1.82, 2.24) is 14.8 Å². The molecule has 2 aromatic carbocycles. The van der Waals surface area contributed by atoms with Gasteiger partial charge in [0, 0.05) is 50.5 Å². The summed E-state index contributed by atoms with van der Waals surface area (Å²) < 4.78 is 67.9. The Kier molecular flexibility index (Phi) is 10.7. The van der Waals surface area contributed by atoms with Gasteiger partial charge in [-0.2, -0.15) is 4.39 Å². The smallest absolute Gasteiger partial charge is 0.407 e. The average Bonchev–Trinajstić information content (AvgIpc) is 3.41. The largest absolute Gasteiger partial charge is 0.453 e. The number of carbonyl (C=O) groups excluding carboxylic acids is 3. The van der Waals surface area contributed by atoms with Gasteiger partial charge in [0.2, 0.25) is 11.7 Å². The predicted octanol–water partition coefficient (Wildman–Crippen LogP) is 4.79. The molecule has 3 aromatic rings. The molecule has 14 heteroatoms. The van der Waals surface area contributed by atoms with E-state index >= 15 is 0 Å². The summed E-state index contributed by atoms with van der Waals surface area (Å²) >= 11 is 0. The number of halogens is 4. The number of ether oxygens (including phenoxy) is 2. The molecule has 0 radical (unpaired) electrons. The zero-order valence-corrected chi connectivity index (χ0v) is 25.1. The Morgan fingerprint density at radius 2 is 1.87 bits per heavy atom. The summed E-state index contributed by atoms with van der Waals surface area (Å²) in [6, 6.07) is 5.27. The summed E-state index contributed by atoms with van der Waals surface area (Å²) in [7, 11) is 4.32. The number of alkyl carbamates (subject to hydrolysis) is 1. The topological polar surface area (TPSA) is 119 Å². The average molecular weight is 643 g/mol. The van der Waals surface area contributed by atoms with E-state index in [1.165, 1.54) is 33.9 Å². The van der Waals surface area contributed by atoms with Crippen LogP contribution in [0.1, 0.15) is 24.0 Å². The van der Waals surface area contributed by atoms with Gasteiger partial charge in [-0.1, -0.05) is 12.1 Å². The van der Waals surface area contributed by atoms with Gasteiger partial charge in [0.15, 0.2) is 28.9 Å². The lowest BCUT2D eigenvalue weighted by Crippen LogP contribution is -2.42. The molecular formula is C32H30F4N4O6. The van der Waals surface area contributed by atoms with E-state index in [-0.39, 0.29) is 54.9 Å². The van der Waals surface area contributed by atoms with Crippen molar-refractivity contribution in [1.29, 1.82) is 0 Å². The Morgan fingerprint density at radius 3 is 2.57 bits per heavy atom. The molecule has 0 fully saturated rings. The first kappa shape index (κ1) is 33.6. The predicted molar refractivity (Wildman–Crippen MR) is 159 cm³/mol. The number of Topliss-reactive ketones (excluding diaryl/α,β-unsaturated/α-hetero) is 1. The normalized spacial score (nSPS) is 12.8. The molecule has 0 saturated heterocycles. The second kappa shape index (κ2) is 14.7. The number of amides is 2. The number of ketones is 1. The molecule has 1 atom stereocenters. The second-order valence-corrected chi connectivity index (χ2v) is 10.6. The van der Waals surface area contributed by atoms with Gasteiger partial charge in [0.1, 0.15) is 11.5 Å². The quantitative estimate of drug-likeness (QED) is 0.224. The highest BCUT2D eigenvalue weighted by atomic mass is 19.2. The van der Waals surface area contributed by atoms with Crippen molar-refractivity contribution in [2.45, 2.75) is 38.3 Å². The molecule has 242 valence electrons. The lowest BCUT2D eigenvalue weighted by Gasteiger charge is -2.16. The Morgan fingerprint density at radius 1 is 1.11 bits per heavy atom. The van der Waals surface area contributed by atoms with Gasteiger partial charge in [-0.25, -0.2) is 18.0 Å². The van der Waals surface area contributed by atoms with Crippen LogP contribution >= 0.6 is 0 Å². The van der Waals surface area contributed by atoms with E-state index in [9.17, 15) is 36.7 Å². The molecule has 2 heterocycles. The zero-order chi connectivity index (χ0) is 33.5. The number of benzene rings is 2. The summed E-state index contributed by atoms with van der Waals surface area (Å²) in [6.07, 6.45) is 3.62. The summed E-state index contributed by atoms with van der Waals surface area (Å²) in [4.78, 5) is 55.8. The number of likely N-dealkylation sites (N-methyl/N-ethyl adjacent to an activating group) is 1. The maximum atomic E-state index is 14.8. The summed E-state index contributed by atoms with van der Waals surface area (Å²) in [5.41, 5.74) is 0.0229. The van der Waals surface area contributed by atoms with Crippen LogP contribution in [0, 0.1) is 23.3 Å². The zero-order valence-electron chi connectivity index (χ0n) is 25.1. The third kappa shape index (κ3) is 8.06. The molecule has 4 rings (SSSR count). The number of pyridine rings is 1. The first-order valence-electron chi connectivity index (χ1n) is 14.0. The van der Waals surface area contributed by atoms with E-state index in [4.69, 9.17) is 4.74 Å². The number of carbonyl (C=O) groups is 3. The minimum atomic E-state index is -1.42. The van der Waals surface area contributed by atoms with E-state index in [1.807, 2.05) is 0 Å². The van der Waals surface area contributed by atoms with Crippen molar-refractivity contribution in [3.8, 4) is 11.5 Å². The number of hydrogen-bond acceptors (Lipinski definition) is 7. The van der Waals surface area contributed by atoms with Gasteiger partial charge in [0.25, 0.3) is 5.56 Å². The minimum Gasteiger partial charge on any atom is -0.453 e. The summed E-state index contributed by atoms with van der Waals surface area (Å²) in [5, 5.41) is 2.46. The summed E-state index contributed by atoms with van der Waals surface area (Å²) in [6.45, 7) is -0.113. The summed E-state index contributed by atoms with van der Waals surface area (Å²) in [5.74, 6) is -6.64. The molecule has 0 bridgehead atoms. The first-order chi connectivity index (χ1) is 21.9. The number of nitrogens with zero attached hydrogens (tertiary/aromatic N) is 3. The number of nitrogens with one attached hydrogen (secondary N) is 1. The fourth-order valence-electron chi connectivity index (χ4n) is 4.63. The third-order valence-electron chi connectivity index (χ3n) is 7.01. The Balaban J connectivity index is 1.52. The van der Waals surface area contributed by atoms with E-state index < -0.39 is 58.2 Å². The fraction of sp³-hybridized carbons (Fsp3) is 0.281. The highest BCUT2D eigenvalue weighted by Crippen LogP contribution is 2.42. The van der Waals surface area contributed by atoms with E-state index in [2.05, 4.69) is 15.0 Å². The van der Waals surface area contributed by atoms with Gasteiger partial charge in [0.05, 0.1) is 19.7 Å². The molecule has 0 saturated carbocycles. The number of rotatable bonds is 12. The fourth-order valence-corrected chi connectivity index (χ4v) is 4.63. The van der Waals surface area contributed by atoms with Crippen molar-refractivity contribution in [2.24, 2.45) is 4.99 Å². The molecule has 0 aliphatic carbocycles. The maximum absolute atomic E-state index is 14.8. The van der Waals surface area contributed by atoms with Crippen molar-refractivity contribution in [3.63, 3.8) is 0 Å². The molecule has 0 spiro atoms. The molecule has 1 aromatic heterocycles. The van der Waals surface area contributed by atoms with Crippen LogP contribution in [0.2, 0.25) is 0 Å². The van der Waals surface area contributed by atoms with Crippen LogP contribution < -0.4 is 15.6 Å². The maximum Gasteiger partial charge on any atom is 0.407 e. The number of fused-ring (bicyclic) bond motifs is 1. The molecule has 1 N–H and O–H groups in total. The van der Waals surface area contributed by atoms with Crippen molar-refractivity contribution in [3.05, 3.63) is 99.5 Å². The van der Waals surface area contributed by atoms with Crippen molar-refractivity contribution >= 4 is 29.2 Å². The van der Waals surface area contributed by atoms with Crippen molar-refractivity contribution in [2.75, 3.05) is 21.2 Å². The van der Waals surface area contributed by atoms with Crippen molar-refractivity contribution < 1.29 is 41.4 Å². The minimum absolute atomic E-state index is 0.0133. The lowest BCUT2D eigenvalue weighted by atomic mass is 10.0. The lowest BCUT2D eigenvalue weighted by molar-refractivity contribution is -0.123. The number of aromatic nitrogens is 1. The molecule has 0 unspecified atom stereocenters. The van der Waals surface area contributed by atoms with Crippen LogP contribution in [0.25, 0.3) is 0 Å². The molecule has 10 nitrogen and oxygen atoms in total.